The molecule has 3 aromatic rings. The zero-order valence-corrected chi connectivity index (χ0v) is 16.0. The molecule has 140 valence electrons. The second kappa shape index (κ2) is 8.99. The maximum absolute atomic E-state index is 13.3. The lowest BCUT2D eigenvalue weighted by Gasteiger charge is -2.26. The number of cyclic esters (lactones) is 1. The van der Waals surface area contributed by atoms with Crippen LogP contribution in [-0.2, 0) is 15.8 Å². The van der Waals surface area contributed by atoms with Crippen LogP contribution < -0.4 is 0 Å². The minimum atomic E-state index is -1.17. The van der Waals surface area contributed by atoms with Crippen molar-refractivity contribution >= 4 is 36.3 Å². The molecule has 1 atom stereocenters. The lowest BCUT2D eigenvalue weighted by Crippen LogP contribution is -2.37. The van der Waals surface area contributed by atoms with Gasteiger partial charge >= 0.3 is 14.8 Å². The molecule has 9 heteroatoms. The quantitative estimate of drug-likeness (QED) is 0.653. The number of aromatic nitrogens is 1. The van der Waals surface area contributed by atoms with Gasteiger partial charge in [0.15, 0.2) is 0 Å². The number of ether oxygens (including phenoxy) is 1. The van der Waals surface area contributed by atoms with Gasteiger partial charge < -0.3 is 9.64 Å². The van der Waals surface area contributed by atoms with Crippen LogP contribution in [0.15, 0.2) is 42.5 Å². The van der Waals surface area contributed by atoms with Gasteiger partial charge in [-0.25, -0.2) is 14.2 Å². The van der Waals surface area contributed by atoms with Crippen LogP contribution in [0.25, 0.3) is 20.8 Å². The van der Waals surface area contributed by atoms with Gasteiger partial charge in [-0.15, -0.1) is 11.3 Å². The molecule has 1 aliphatic heterocycles. The summed E-state index contributed by atoms with van der Waals surface area (Å²) >= 11 is 1.54. The Balaban J connectivity index is 0.000000659. The molecule has 4 rings (SSSR count). The van der Waals surface area contributed by atoms with E-state index in [1.807, 2.05) is 24.3 Å². The highest BCUT2D eigenvalue weighted by molar-refractivity contribution is 7.21. The smallest absolute Gasteiger partial charge is 0.449 e. The first-order chi connectivity index (χ1) is 13.1. The van der Waals surface area contributed by atoms with Gasteiger partial charge in [0.1, 0.15) is 10.8 Å². The van der Waals surface area contributed by atoms with Crippen LogP contribution in [0, 0.1) is 5.82 Å². The summed E-state index contributed by atoms with van der Waals surface area (Å²) in [4.78, 5) is 24.9. The number of rotatable bonds is 3. The number of hydrogen-bond acceptors (Lipinski definition) is 5. The van der Waals surface area contributed by atoms with E-state index in [9.17, 15) is 9.18 Å². The van der Waals surface area contributed by atoms with Crippen molar-refractivity contribution in [3.63, 3.8) is 0 Å². The number of carbonyl (C=O) groups is 1. The SMILES string of the molecule is O=C1OCCCN1Cc1ccc(-c2nc3cc(F)ccc3s2)cc1.O=[PH+]O. The molecule has 1 unspecified atom stereocenters. The molecular formula is C18H17FN2O4PS+. The molecule has 1 saturated heterocycles. The Morgan fingerprint density at radius 2 is 2.00 bits per heavy atom. The molecule has 1 aliphatic rings. The molecule has 1 amide bonds. The van der Waals surface area contributed by atoms with Gasteiger partial charge in [-0.2, -0.15) is 4.89 Å². The number of thiazole rings is 1. The molecule has 0 spiro atoms. The fourth-order valence-corrected chi connectivity index (χ4v) is 3.69. The first kappa shape index (κ1) is 19.4. The number of fused-ring (bicyclic) bond motifs is 1. The molecule has 6 nitrogen and oxygen atoms in total. The van der Waals surface area contributed by atoms with Gasteiger partial charge in [0.2, 0.25) is 0 Å². The fraction of sp³-hybridized carbons (Fsp3) is 0.222. The summed E-state index contributed by atoms with van der Waals surface area (Å²) < 4.78 is 27.8. The zero-order chi connectivity index (χ0) is 19.2. The van der Waals surface area contributed by atoms with Gasteiger partial charge in [-0.3, -0.25) is 0 Å². The summed E-state index contributed by atoms with van der Waals surface area (Å²) in [5.41, 5.74) is 2.71. The minimum Gasteiger partial charge on any atom is -0.449 e. The Morgan fingerprint density at radius 1 is 1.26 bits per heavy atom. The number of hydrogen-bond donors (Lipinski definition) is 1. The largest absolute Gasteiger partial charge is 0.491 e. The third-order valence-electron chi connectivity index (χ3n) is 3.98. The number of nitrogens with zero attached hydrogens (tertiary/aromatic N) is 2. The second-order valence-electron chi connectivity index (χ2n) is 5.81. The molecule has 0 bridgehead atoms. The van der Waals surface area contributed by atoms with Crippen LogP contribution in [0.5, 0.6) is 0 Å². The predicted molar refractivity (Wildman–Crippen MR) is 103 cm³/mol. The van der Waals surface area contributed by atoms with E-state index in [1.165, 1.54) is 23.5 Å². The Labute approximate surface area is 160 Å². The normalized spacial score (nSPS) is 14.0. The zero-order valence-electron chi connectivity index (χ0n) is 14.2. The van der Waals surface area contributed by atoms with Gasteiger partial charge in [-0.05, 0) is 28.7 Å². The molecule has 0 aliphatic carbocycles. The third-order valence-corrected chi connectivity index (χ3v) is 5.07. The van der Waals surface area contributed by atoms with Crippen LogP contribution in [0.2, 0.25) is 0 Å². The molecule has 0 radical (unpaired) electrons. The topological polar surface area (TPSA) is 79.7 Å². The molecule has 2 aromatic carbocycles. The molecule has 1 fully saturated rings. The second-order valence-corrected chi connectivity index (χ2v) is 7.02. The average Bonchev–Trinajstić information content (AvgIpc) is 3.08. The van der Waals surface area contributed by atoms with Crippen molar-refractivity contribution in [1.29, 1.82) is 0 Å². The van der Waals surface area contributed by atoms with Gasteiger partial charge in [0.25, 0.3) is 0 Å². The average molecular weight is 407 g/mol. The summed E-state index contributed by atoms with van der Waals surface area (Å²) in [6.45, 7) is 1.78. The van der Waals surface area contributed by atoms with Gasteiger partial charge in [0.05, 0.1) is 16.8 Å². The highest BCUT2D eigenvalue weighted by Crippen LogP contribution is 2.30. The van der Waals surface area contributed by atoms with E-state index in [0.29, 0.717) is 18.7 Å². The highest BCUT2D eigenvalue weighted by atomic mass is 32.1. The number of carbonyl (C=O) groups excluding carboxylic acids is 1. The summed E-state index contributed by atoms with van der Waals surface area (Å²) in [6, 6.07) is 12.6. The Kier molecular flexibility index (Phi) is 6.45. The number of halogens is 1. The van der Waals surface area contributed by atoms with Crippen LogP contribution >= 0.6 is 20.0 Å². The van der Waals surface area contributed by atoms with E-state index in [2.05, 4.69) is 4.98 Å². The van der Waals surface area contributed by atoms with E-state index in [1.54, 1.807) is 11.0 Å². The van der Waals surface area contributed by atoms with Crippen LogP contribution in [0.4, 0.5) is 9.18 Å². The van der Waals surface area contributed by atoms with E-state index in [0.717, 1.165) is 33.8 Å². The molecule has 0 saturated carbocycles. The summed E-state index contributed by atoms with van der Waals surface area (Å²) in [5, 5.41) is 0.861. The standard InChI is InChI=1S/C18H15FN2O2S.HO2P/c19-14-6-7-16-15(10-14)20-17(24-16)13-4-2-12(3-5-13)11-21-8-1-9-23-18(21)22;1-3-2/h2-7,10H,1,8-9,11H2;3H/p+1. The molecule has 27 heavy (non-hydrogen) atoms. The first-order valence-electron chi connectivity index (χ1n) is 8.19. The van der Waals surface area contributed by atoms with Crippen LogP contribution in [0.3, 0.4) is 0 Å². The van der Waals surface area contributed by atoms with Gasteiger partial charge in [-0.1, -0.05) is 24.3 Å². The van der Waals surface area contributed by atoms with Crippen molar-refractivity contribution in [2.24, 2.45) is 0 Å². The third kappa shape index (κ3) is 4.86. The monoisotopic (exact) mass is 407 g/mol. The van der Waals surface area contributed by atoms with Crippen molar-refractivity contribution < 1.29 is 23.4 Å². The fourth-order valence-electron chi connectivity index (χ4n) is 2.74. The van der Waals surface area contributed by atoms with Gasteiger partial charge in [0, 0.05) is 24.7 Å². The number of amides is 1. The molecular weight excluding hydrogens is 390 g/mol. The lowest BCUT2D eigenvalue weighted by atomic mass is 10.1. The van der Waals surface area contributed by atoms with E-state index in [-0.39, 0.29) is 11.9 Å². The first-order valence-corrected chi connectivity index (χ1v) is 9.86. The number of benzene rings is 2. The molecule has 1 N–H and O–H groups in total. The highest BCUT2D eigenvalue weighted by Gasteiger charge is 2.19. The summed E-state index contributed by atoms with van der Waals surface area (Å²) in [5.74, 6) is -0.275. The predicted octanol–water partition coefficient (Wildman–Crippen LogP) is 4.36. The van der Waals surface area contributed by atoms with Crippen LogP contribution in [-0.4, -0.2) is 34.0 Å². The van der Waals surface area contributed by atoms with E-state index >= 15 is 0 Å². The van der Waals surface area contributed by atoms with Crippen molar-refractivity contribution in [3.05, 3.63) is 53.8 Å². The molecule has 1 aromatic heterocycles. The minimum absolute atomic E-state index is 0.251. The van der Waals surface area contributed by atoms with Crippen molar-refractivity contribution in [2.45, 2.75) is 13.0 Å². The summed E-state index contributed by atoms with van der Waals surface area (Å²) in [6.07, 6.45) is 0.616. The lowest BCUT2D eigenvalue weighted by molar-refractivity contribution is 0.0700. The Hall–Kier alpha value is -2.41. The van der Waals surface area contributed by atoms with Crippen LogP contribution in [0.1, 0.15) is 12.0 Å². The Morgan fingerprint density at radius 3 is 2.70 bits per heavy atom. The van der Waals surface area contributed by atoms with Crippen molar-refractivity contribution in [2.75, 3.05) is 13.2 Å². The van der Waals surface area contributed by atoms with E-state index in [4.69, 9.17) is 14.2 Å². The van der Waals surface area contributed by atoms with Crippen molar-refractivity contribution in [1.82, 2.24) is 9.88 Å². The maximum Gasteiger partial charge on any atom is 0.491 e. The molecule has 2 heterocycles. The summed E-state index contributed by atoms with van der Waals surface area (Å²) in [7, 11) is -1.17. The Bertz CT molecular complexity index is 948. The van der Waals surface area contributed by atoms with E-state index < -0.39 is 8.69 Å². The maximum atomic E-state index is 13.3. The van der Waals surface area contributed by atoms with Crippen molar-refractivity contribution in [3.8, 4) is 10.6 Å².